The van der Waals surface area contributed by atoms with E-state index in [0.29, 0.717) is 6.42 Å². The van der Waals surface area contributed by atoms with Crippen molar-refractivity contribution in [3.05, 3.63) is 66.8 Å². The lowest BCUT2D eigenvalue weighted by Gasteiger charge is -2.31. The summed E-state index contributed by atoms with van der Waals surface area (Å²) >= 11 is 0. The monoisotopic (exact) mass is 228 g/mol. The first kappa shape index (κ1) is 11.7. The number of aliphatic hydroxyl groups is 1. The molecule has 2 unspecified atom stereocenters. The van der Waals surface area contributed by atoms with E-state index >= 15 is 0 Å². The molecule has 1 aromatic carbocycles. The van der Waals surface area contributed by atoms with E-state index < -0.39 is 6.10 Å². The number of para-hydroxylation sites is 1. The maximum Gasteiger partial charge on any atom is 0.150 e. The molecule has 0 spiro atoms. The van der Waals surface area contributed by atoms with Gasteiger partial charge in [0.2, 0.25) is 0 Å². The number of benzene rings is 1. The summed E-state index contributed by atoms with van der Waals surface area (Å²) in [7, 11) is 0. The molecule has 1 N–H and O–H groups in total. The number of fused-ring (bicyclic) bond motifs is 1. The minimum absolute atomic E-state index is 0.361. The molecule has 1 aromatic rings. The molecule has 2 heteroatoms. The van der Waals surface area contributed by atoms with Crippen molar-refractivity contribution in [1.29, 1.82) is 0 Å². The Balaban J connectivity index is 2.31. The SMILES string of the molecule is C=C/C=C(\C=C)C1Oc2ccccc2CC1O. The summed E-state index contributed by atoms with van der Waals surface area (Å²) in [5.74, 6) is 0.833. The van der Waals surface area contributed by atoms with E-state index in [2.05, 4.69) is 13.2 Å². The van der Waals surface area contributed by atoms with Gasteiger partial charge in [-0.15, -0.1) is 0 Å². The Labute approximate surface area is 102 Å². The highest BCUT2D eigenvalue weighted by Gasteiger charge is 2.29. The highest BCUT2D eigenvalue weighted by molar-refractivity contribution is 5.39. The van der Waals surface area contributed by atoms with Crippen LogP contribution in [0.2, 0.25) is 0 Å². The van der Waals surface area contributed by atoms with Gasteiger partial charge in [0, 0.05) is 6.42 Å². The molecule has 2 nitrogen and oxygen atoms in total. The van der Waals surface area contributed by atoms with Crippen molar-refractivity contribution in [3.63, 3.8) is 0 Å². The summed E-state index contributed by atoms with van der Waals surface area (Å²) < 4.78 is 5.81. The minimum Gasteiger partial charge on any atom is -0.483 e. The summed E-state index contributed by atoms with van der Waals surface area (Å²) in [5, 5.41) is 10.1. The van der Waals surface area contributed by atoms with Crippen LogP contribution in [0.25, 0.3) is 0 Å². The Hall–Kier alpha value is -1.80. The van der Waals surface area contributed by atoms with E-state index in [0.717, 1.165) is 16.9 Å². The number of allylic oxidation sites excluding steroid dienone is 2. The first-order valence-electron chi connectivity index (χ1n) is 5.64. The van der Waals surface area contributed by atoms with Crippen LogP contribution in [-0.4, -0.2) is 17.3 Å². The van der Waals surface area contributed by atoms with Gasteiger partial charge in [0.1, 0.15) is 11.9 Å². The van der Waals surface area contributed by atoms with Gasteiger partial charge in [-0.2, -0.15) is 0 Å². The summed E-state index contributed by atoms with van der Waals surface area (Å²) in [6, 6.07) is 7.77. The Morgan fingerprint density at radius 3 is 2.82 bits per heavy atom. The Bertz CT molecular complexity index is 460. The van der Waals surface area contributed by atoms with Crippen molar-refractivity contribution in [2.24, 2.45) is 0 Å². The second kappa shape index (κ2) is 5.02. The van der Waals surface area contributed by atoms with Crippen LogP contribution in [0.4, 0.5) is 0 Å². The third-order valence-corrected chi connectivity index (χ3v) is 2.88. The van der Waals surface area contributed by atoms with Gasteiger partial charge < -0.3 is 9.84 Å². The number of hydrogen-bond acceptors (Lipinski definition) is 2. The number of hydrogen-bond donors (Lipinski definition) is 1. The van der Waals surface area contributed by atoms with Crippen molar-refractivity contribution in [2.75, 3.05) is 0 Å². The van der Waals surface area contributed by atoms with Crippen LogP contribution in [0.3, 0.4) is 0 Å². The van der Waals surface area contributed by atoms with Crippen LogP contribution in [-0.2, 0) is 6.42 Å². The molecule has 0 aliphatic carbocycles. The quantitative estimate of drug-likeness (QED) is 0.806. The molecule has 1 heterocycles. The number of aliphatic hydroxyl groups excluding tert-OH is 1. The molecule has 0 saturated heterocycles. The molecule has 1 aliphatic heterocycles. The van der Waals surface area contributed by atoms with Gasteiger partial charge in [-0.1, -0.05) is 49.6 Å². The lowest BCUT2D eigenvalue weighted by molar-refractivity contribution is 0.0446. The molecule has 0 radical (unpaired) electrons. The van der Waals surface area contributed by atoms with E-state index in [1.807, 2.05) is 30.3 Å². The van der Waals surface area contributed by atoms with E-state index in [1.54, 1.807) is 12.2 Å². The second-order valence-electron chi connectivity index (χ2n) is 4.02. The topological polar surface area (TPSA) is 29.5 Å². The largest absolute Gasteiger partial charge is 0.483 e. The highest BCUT2D eigenvalue weighted by Crippen LogP contribution is 2.30. The van der Waals surface area contributed by atoms with Crippen LogP contribution in [0.15, 0.2) is 61.2 Å². The molecule has 1 aliphatic rings. The number of ether oxygens (including phenoxy) is 1. The van der Waals surface area contributed by atoms with Crippen LogP contribution < -0.4 is 4.74 Å². The summed E-state index contributed by atoms with van der Waals surface area (Å²) in [4.78, 5) is 0. The van der Waals surface area contributed by atoms with Crippen molar-refractivity contribution in [3.8, 4) is 5.75 Å². The van der Waals surface area contributed by atoms with Crippen LogP contribution in [0.1, 0.15) is 5.56 Å². The predicted octanol–water partition coefficient (Wildman–Crippen LogP) is 2.65. The van der Waals surface area contributed by atoms with Gasteiger partial charge >= 0.3 is 0 Å². The minimum atomic E-state index is -0.547. The molecule has 88 valence electrons. The predicted molar refractivity (Wildman–Crippen MR) is 69.0 cm³/mol. The molecule has 2 rings (SSSR count). The normalized spacial score (nSPS) is 23.5. The first-order chi connectivity index (χ1) is 8.26. The molecule has 0 fully saturated rings. The van der Waals surface area contributed by atoms with Gasteiger partial charge in [-0.25, -0.2) is 0 Å². The zero-order valence-electron chi connectivity index (χ0n) is 9.67. The summed E-state index contributed by atoms with van der Waals surface area (Å²) in [6.45, 7) is 7.39. The van der Waals surface area contributed by atoms with E-state index in [4.69, 9.17) is 4.74 Å². The molecule has 2 atom stereocenters. The summed E-state index contributed by atoms with van der Waals surface area (Å²) in [5.41, 5.74) is 1.89. The third-order valence-electron chi connectivity index (χ3n) is 2.88. The fourth-order valence-corrected chi connectivity index (χ4v) is 2.04. The maximum absolute atomic E-state index is 10.1. The number of rotatable bonds is 3. The van der Waals surface area contributed by atoms with Crippen LogP contribution in [0, 0.1) is 0 Å². The molecule has 17 heavy (non-hydrogen) atoms. The molecular formula is C15H16O2. The fourth-order valence-electron chi connectivity index (χ4n) is 2.04. The average Bonchev–Trinajstić information content (AvgIpc) is 2.35. The van der Waals surface area contributed by atoms with Crippen LogP contribution in [0.5, 0.6) is 5.75 Å². The Kier molecular flexibility index (Phi) is 3.45. The molecule has 0 bridgehead atoms. The van der Waals surface area contributed by atoms with Gasteiger partial charge in [-0.3, -0.25) is 0 Å². The standard InChI is InChI=1S/C15H16O2/c1-3-7-11(4-2)15-13(16)10-12-8-5-6-9-14(12)17-15/h3-9,13,15-16H,1-2,10H2/b11-7+. The smallest absolute Gasteiger partial charge is 0.150 e. The van der Waals surface area contributed by atoms with Crippen LogP contribution >= 0.6 is 0 Å². The highest BCUT2D eigenvalue weighted by atomic mass is 16.5. The average molecular weight is 228 g/mol. The Morgan fingerprint density at radius 2 is 2.12 bits per heavy atom. The zero-order valence-corrected chi connectivity index (χ0v) is 9.67. The molecule has 0 aromatic heterocycles. The van der Waals surface area contributed by atoms with Crippen molar-refractivity contribution >= 4 is 0 Å². The van der Waals surface area contributed by atoms with E-state index in [1.165, 1.54) is 0 Å². The third kappa shape index (κ3) is 2.32. The molecule has 0 amide bonds. The maximum atomic E-state index is 10.1. The van der Waals surface area contributed by atoms with Gasteiger partial charge in [-0.05, 0) is 17.2 Å². The van der Waals surface area contributed by atoms with Gasteiger partial charge in [0.05, 0.1) is 6.10 Å². The van der Waals surface area contributed by atoms with Crippen molar-refractivity contribution < 1.29 is 9.84 Å². The van der Waals surface area contributed by atoms with Gasteiger partial charge in [0.15, 0.2) is 0 Å². The second-order valence-corrected chi connectivity index (χ2v) is 4.02. The van der Waals surface area contributed by atoms with E-state index in [-0.39, 0.29) is 6.10 Å². The lowest BCUT2D eigenvalue weighted by atomic mass is 9.94. The zero-order chi connectivity index (χ0) is 12.3. The molecule has 0 saturated carbocycles. The Morgan fingerprint density at radius 1 is 1.35 bits per heavy atom. The van der Waals surface area contributed by atoms with Crippen molar-refractivity contribution in [1.82, 2.24) is 0 Å². The fraction of sp³-hybridized carbons (Fsp3) is 0.200. The van der Waals surface area contributed by atoms with Gasteiger partial charge in [0.25, 0.3) is 0 Å². The van der Waals surface area contributed by atoms with Crippen molar-refractivity contribution in [2.45, 2.75) is 18.6 Å². The van der Waals surface area contributed by atoms with E-state index in [9.17, 15) is 5.11 Å². The molecular weight excluding hydrogens is 212 g/mol. The first-order valence-corrected chi connectivity index (χ1v) is 5.64. The lowest BCUT2D eigenvalue weighted by Crippen LogP contribution is -2.38. The summed E-state index contributed by atoms with van der Waals surface area (Å²) in [6.07, 6.45) is 4.88.